The molecule has 0 radical (unpaired) electrons. The Labute approximate surface area is 123 Å². The van der Waals surface area contributed by atoms with Crippen LogP contribution >= 0.6 is 0 Å². The average Bonchev–Trinajstić information content (AvgIpc) is 3.19. The van der Waals surface area contributed by atoms with Crippen molar-refractivity contribution in [1.82, 2.24) is 5.32 Å². The van der Waals surface area contributed by atoms with E-state index in [2.05, 4.69) is 42.4 Å². The van der Waals surface area contributed by atoms with Crippen molar-refractivity contribution in [3.63, 3.8) is 0 Å². The van der Waals surface area contributed by atoms with Gasteiger partial charge in [-0.3, -0.25) is 0 Å². The highest BCUT2D eigenvalue weighted by atomic mass is 15.1. The number of aryl methyl sites for hydroxylation is 1. The van der Waals surface area contributed by atoms with Gasteiger partial charge in [-0.25, -0.2) is 0 Å². The van der Waals surface area contributed by atoms with E-state index >= 15 is 0 Å². The van der Waals surface area contributed by atoms with Crippen LogP contribution in [0.3, 0.4) is 0 Å². The molecule has 0 saturated heterocycles. The largest absolute Gasteiger partial charge is 0.374 e. The molecule has 1 fully saturated rings. The first kappa shape index (κ1) is 13.9. The Morgan fingerprint density at radius 3 is 2.90 bits per heavy atom. The average molecular weight is 272 g/mol. The molecule has 2 heteroatoms. The molecule has 2 nitrogen and oxygen atoms in total. The SMILES string of the molecule is CCCC1(CNCc2ccc3c(c2)CCCN3C)CC1. The fourth-order valence-corrected chi connectivity index (χ4v) is 3.64. The minimum absolute atomic E-state index is 0.656. The minimum Gasteiger partial charge on any atom is -0.374 e. The van der Waals surface area contributed by atoms with Crippen molar-refractivity contribution in [3.05, 3.63) is 29.3 Å². The molecule has 1 N–H and O–H groups in total. The van der Waals surface area contributed by atoms with Crippen molar-refractivity contribution in [2.45, 2.75) is 52.0 Å². The normalized spacial score (nSPS) is 19.8. The van der Waals surface area contributed by atoms with E-state index < -0.39 is 0 Å². The van der Waals surface area contributed by atoms with E-state index in [1.807, 2.05) is 0 Å². The third-order valence-electron chi connectivity index (χ3n) is 5.06. The standard InChI is InChI=1S/C18H28N2/c1-3-8-18(9-10-18)14-19-13-15-6-7-17-16(12-15)5-4-11-20(17)2/h6-7,12,19H,3-5,8-11,13-14H2,1-2H3. The summed E-state index contributed by atoms with van der Waals surface area (Å²) in [4.78, 5) is 2.39. The number of anilines is 1. The molecule has 0 bridgehead atoms. The quantitative estimate of drug-likeness (QED) is 0.848. The molecule has 1 aliphatic carbocycles. The molecule has 1 saturated carbocycles. The van der Waals surface area contributed by atoms with E-state index in [0.29, 0.717) is 5.41 Å². The molecule has 0 amide bonds. The second-order valence-electron chi connectivity index (χ2n) is 6.84. The summed E-state index contributed by atoms with van der Waals surface area (Å²) >= 11 is 0. The van der Waals surface area contributed by atoms with Gasteiger partial charge in [0.15, 0.2) is 0 Å². The van der Waals surface area contributed by atoms with Crippen LogP contribution in [-0.2, 0) is 13.0 Å². The Morgan fingerprint density at radius 2 is 2.15 bits per heavy atom. The molecule has 1 aliphatic heterocycles. The second kappa shape index (κ2) is 5.77. The first-order chi connectivity index (χ1) is 9.72. The van der Waals surface area contributed by atoms with Crippen molar-refractivity contribution < 1.29 is 0 Å². The lowest BCUT2D eigenvalue weighted by molar-refractivity contribution is 0.421. The highest BCUT2D eigenvalue weighted by Gasteiger charge is 2.40. The first-order valence-corrected chi connectivity index (χ1v) is 8.26. The van der Waals surface area contributed by atoms with Crippen molar-refractivity contribution in [3.8, 4) is 0 Å². The van der Waals surface area contributed by atoms with E-state index in [1.54, 1.807) is 0 Å². The zero-order chi connectivity index (χ0) is 14.0. The maximum absolute atomic E-state index is 3.69. The lowest BCUT2D eigenvalue weighted by atomic mass is 9.99. The van der Waals surface area contributed by atoms with Gasteiger partial charge in [0.1, 0.15) is 0 Å². The van der Waals surface area contributed by atoms with Gasteiger partial charge in [-0.2, -0.15) is 0 Å². The van der Waals surface area contributed by atoms with E-state index in [1.165, 1.54) is 68.4 Å². The molecule has 0 unspecified atom stereocenters. The molecule has 2 aliphatic rings. The number of fused-ring (bicyclic) bond motifs is 1. The molecule has 3 rings (SSSR count). The van der Waals surface area contributed by atoms with Crippen LogP contribution in [0.1, 0.15) is 50.2 Å². The van der Waals surface area contributed by atoms with Crippen molar-refractivity contribution in [2.75, 3.05) is 25.0 Å². The molecule has 0 atom stereocenters. The highest BCUT2D eigenvalue weighted by Crippen LogP contribution is 2.48. The molecule has 0 aromatic heterocycles. The highest BCUT2D eigenvalue weighted by molar-refractivity contribution is 5.56. The van der Waals surface area contributed by atoms with Crippen LogP contribution in [-0.4, -0.2) is 20.1 Å². The van der Waals surface area contributed by atoms with Gasteiger partial charge in [-0.15, -0.1) is 0 Å². The van der Waals surface area contributed by atoms with Gasteiger partial charge in [0.25, 0.3) is 0 Å². The number of hydrogen-bond acceptors (Lipinski definition) is 2. The van der Waals surface area contributed by atoms with Gasteiger partial charge in [-0.1, -0.05) is 25.5 Å². The van der Waals surface area contributed by atoms with E-state index in [0.717, 1.165) is 6.54 Å². The molecule has 1 heterocycles. The predicted molar refractivity (Wildman–Crippen MR) is 86.3 cm³/mol. The number of rotatable bonds is 6. The van der Waals surface area contributed by atoms with E-state index in [9.17, 15) is 0 Å². The lowest BCUT2D eigenvalue weighted by Gasteiger charge is -2.28. The summed E-state index contributed by atoms with van der Waals surface area (Å²) in [5.74, 6) is 0. The lowest BCUT2D eigenvalue weighted by Crippen LogP contribution is -2.26. The Bertz CT molecular complexity index is 462. The second-order valence-corrected chi connectivity index (χ2v) is 6.84. The van der Waals surface area contributed by atoms with Crippen LogP contribution in [0.25, 0.3) is 0 Å². The minimum atomic E-state index is 0.656. The Balaban J connectivity index is 1.56. The maximum Gasteiger partial charge on any atom is 0.0396 e. The third kappa shape index (κ3) is 3.01. The number of nitrogens with zero attached hydrogens (tertiary/aromatic N) is 1. The van der Waals surface area contributed by atoms with Crippen molar-refractivity contribution in [2.24, 2.45) is 5.41 Å². The summed E-state index contributed by atoms with van der Waals surface area (Å²) in [6.45, 7) is 5.74. The molecule has 0 spiro atoms. The molecule has 20 heavy (non-hydrogen) atoms. The van der Waals surface area contributed by atoms with Crippen LogP contribution in [0.4, 0.5) is 5.69 Å². The number of benzene rings is 1. The fraction of sp³-hybridized carbons (Fsp3) is 0.667. The predicted octanol–water partition coefficient (Wildman–Crippen LogP) is 3.74. The third-order valence-corrected chi connectivity index (χ3v) is 5.06. The number of nitrogens with one attached hydrogen (secondary N) is 1. The summed E-state index contributed by atoms with van der Waals surface area (Å²) in [6.07, 6.45) is 8.13. The van der Waals surface area contributed by atoms with Crippen molar-refractivity contribution >= 4 is 5.69 Å². The Hall–Kier alpha value is -1.02. The fourth-order valence-electron chi connectivity index (χ4n) is 3.64. The maximum atomic E-state index is 3.69. The van der Waals surface area contributed by atoms with Crippen LogP contribution in [0, 0.1) is 5.41 Å². The summed E-state index contributed by atoms with van der Waals surface area (Å²) in [5, 5.41) is 3.69. The van der Waals surface area contributed by atoms with Gasteiger partial charge >= 0.3 is 0 Å². The van der Waals surface area contributed by atoms with Gasteiger partial charge in [0.2, 0.25) is 0 Å². The smallest absolute Gasteiger partial charge is 0.0396 e. The molecular formula is C18H28N2. The van der Waals surface area contributed by atoms with Crippen molar-refractivity contribution in [1.29, 1.82) is 0 Å². The monoisotopic (exact) mass is 272 g/mol. The van der Waals surface area contributed by atoms with Gasteiger partial charge in [-0.05, 0) is 54.7 Å². The zero-order valence-electron chi connectivity index (χ0n) is 13.0. The Morgan fingerprint density at radius 1 is 1.30 bits per heavy atom. The number of hydrogen-bond donors (Lipinski definition) is 1. The summed E-state index contributed by atoms with van der Waals surface area (Å²) in [7, 11) is 2.21. The van der Waals surface area contributed by atoms with Crippen LogP contribution in [0.15, 0.2) is 18.2 Å². The molecule has 1 aromatic rings. The van der Waals surface area contributed by atoms with Crippen LogP contribution in [0.2, 0.25) is 0 Å². The molecular weight excluding hydrogens is 244 g/mol. The summed E-state index contributed by atoms with van der Waals surface area (Å²) < 4.78 is 0. The summed E-state index contributed by atoms with van der Waals surface area (Å²) in [5.41, 5.74) is 5.08. The zero-order valence-corrected chi connectivity index (χ0v) is 13.0. The van der Waals surface area contributed by atoms with Gasteiger partial charge < -0.3 is 10.2 Å². The van der Waals surface area contributed by atoms with Crippen LogP contribution < -0.4 is 10.2 Å². The van der Waals surface area contributed by atoms with Gasteiger partial charge in [0.05, 0.1) is 0 Å². The van der Waals surface area contributed by atoms with Gasteiger partial charge in [0, 0.05) is 32.4 Å². The summed E-state index contributed by atoms with van der Waals surface area (Å²) in [6, 6.07) is 7.02. The van der Waals surface area contributed by atoms with E-state index in [4.69, 9.17) is 0 Å². The molecule has 110 valence electrons. The molecule has 1 aromatic carbocycles. The topological polar surface area (TPSA) is 15.3 Å². The Kier molecular flexibility index (Phi) is 4.02. The van der Waals surface area contributed by atoms with E-state index in [-0.39, 0.29) is 0 Å². The van der Waals surface area contributed by atoms with Crippen LogP contribution in [0.5, 0.6) is 0 Å². The first-order valence-electron chi connectivity index (χ1n) is 8.26.